The van der Waals surface area contributed by atoms with E-state index in [1.54, 1.807) is 6.08 Å². The second kappa shape index (κ2) is 8.10. The molecule has 0 radical (unpaired) electrons. The standard InChI is InChI=1S/C26H29N3O3/c1-29-23-8-7-21(15-20(23)16-28-29)26-12-10-25(11-13-26,18-32-26)17-27-22-5-3-4-19(14-22)6-9-24(30)31-2/h3-9,14-16,27H,10-13,17-18H2,1-2H3/b9-6+. The minimum atomic E-state index is -0.352. The van der Waals surface area contributed by atoms with Crippen LogP contribution in [-0.2, 0) is 26.9 Å². The molecule has 6 nitrogen and oxygen atoms in total. The average Bonchev–Trinajstić information content (AvgIpc) is 3.23. The van der Waals surface area contributed by atoms with E-state index in [2.05, 4.69) is 45.5 Å². The number of methoxy groups -OCH3 is 1. The zero-order valence-corrected chi connectivity index (χ0v) is 18.6. The molecule has 2 saturated heterocycles. The van der Waals surface area contributed by atoms with E-state index in [0.717, 1.165) is 55.6 Å². The van der Waals surface area contributed by atoms with Crippen LogP contribution >= 0.6 is 0 Å². The Labute approximate surface area is 188 Å². The van der Waals surface area contributed by atoms with Gasteiger partial charge in [0.1, 0.15) is 0 Å². The van der Waals surface area contributed by atoms with Crippen LogP contribution in [0.4, 0.5) is 5.69 Å². The number of rotatable bonds is 6. The molecule has 1 aliphatic carbocycles. The van der Waals surface area contributed by atoms with Crippen molar-refractivity contribution >= 4 is 28.6 Å². The quantitative estimate of drug-likeness (QED) is 0.454. The molecule has 2 aliphatic heterocycles. The highest BCUT2D eigenvalue weighted by atomic mass is 16.5. The third-order valence-corrected chi connectivity index (χ3v) is 7.21. The largest absolute Gasteiger partial charge is 0.466 e. The second-order valence-electron chi connectivity index (χ2n) is 9.16. The number of esters is 1. The second-order valence-corrected chi connectivity index (χ2v) is 9.16. The van der Waals surface area contributed by atoms with Crippen molar-refractivity contribution in [1.29, 1.82) is 0 Å². The topological polar surface area (TPSA) is 65.4 Å². The average molecular weight is 432 g/mol. The summed E-state index contributed by atoms with van der Waals surface area (Å²) in [4.78, 5) is 11.3. The lowest BCUT2D eigenvalue weighted by molar-refractivity contribution is -0.185. The number of aromatic nitrogens is 2. The summed E-state index contributed by atoms with van der Waals surface area (Å²) in [6.45, 7) is 1.65. The Balaban J connectivity index is 1.25. The van der Waals surface area contributed by atoms with E-state index in [1.807, 2.05) is 30.1 Å². The van der Waals surface area contributed by atoms with Gasteiger partial charge >= 0.3 is 5.97 Å². The zero-order valence-electron chi connectivity index (χ0n) is 18.6. The Hall–Kier alpha value is -3.12. The number of hydrogen-bond donors (Lipinski definition) is 1. The van der Waals surface area contributed by atoms with Crippen LogP contribution < -0.4 is 5.32 Å². The number of carbonyl (C=O) groups excluding carboxylic acids is 1. The van der Waals surface area contributed by atoms with Crippen molar-refractivity contribution in [3.8, 4) is 0 Å². The Morgan fingerprint density at radius 2 is 2.06 bits per heavy atom. The zero-order chi connectivity index (χ0) is 22.2. The summed E-state index contributed by atoms with van der Waals surface area (Å²) in [5.41, 5.74) is 4.45. The van der Waals surface area contributed by atoms with Gasteiger partial charge in [0.15, 0.2) is 0 Å². The van der Waals surface area contributed by atoms with Crippen molar-refractivity contribution in [3.05, 3.63) is 65.9 Å². The highest BCUT2D eigenvalue weighted by Gasteiger charge is 2.50. The lowest BCUT2D eigenvalue weighted by Crippen LogP contribution is -2.51. The Morgan fingerprint density at radius 1 is 1.22 bits per heavy atom. The van der Waals surface area contributed by atoms with Crippen LogP contribution in [-0.4, -0.2) is 36.0 Å². The molecule has 3 aliphatic rings. The first kappa shape index (κ1) is 20.8. The molecule has 0 atom stereocenters. The van der Waals surface area contributed by atoms with Crippen molar-refractivity contribution in [3.63, 3.8) is 0 Å². The maximum atomic E-state index is 11.3. The predicted molar refractivity (Wildman–Crippen MR) is 125 cm³/mol. The van der Waals surface area contributed by atoms with Gasteiger partial charge in [0.05, 0.1) is 31.0 Å². The first-order valence-corrected chi connectivity index (χ1v) is 11.2. The molecule has 6 heteroatoms. The molecule has 32 heavy (non-hydrogen) atoms. The fraction of sp³-hybridized carbons (Fsp3) is 0.385. The predicted octanol–water partition coefficient (Wildman–Crippen LogP) is 4.66. The Kier molecular flexibility index (Phi) is 5.25. The maximum Gasteiger partial charge on any atom is 0.330 e. The van der Waals surface area contributed by atoms with E-state index in [1.165, 1.54) is 24.1 Å². The van der Waals surface area contributed by atoms with Crippen molar-refractivity contribution in [2.45, 2.75) is 31.3 Å². The summed E-state index contributed by atoms with van der Waals surface area (Å²) in [6, 6.07) is 14.7. The molecule has 166 valence electrons. The van der Waals surface area contributed by atoms with Crippen LogP contribution in [0.3, 0.4) is 0 Å². The van der Waals surface area contributed by atoms with E-state index < -0.39 is 0 Å². The molecule has 0 amide bonds. The Morgan fingerprint density at radius 3 is 2.81 bits per heavy atom. The third kappa shape index (κ3) is 3.79. The molecule has 0 unspecified atom stereocenters. The van der Waals surface area contributed by atoms with Gasteiger partial charge in [-0.05, 0) is 67.2 Å². The van der Waals surface area contributed by atoms with Gasteiger partial charge in [-0.1, -0.05) is 18.2 Å². The van der Waals surface area contributed by atoms with Crippen LogP contribution in [0.15, 0.2) is 54.7 Å². The first-order valence-electron chi connectivity index (χ1n) is 11.2. The van der Waals surface area contributed by atoms with Gasteiger partial charge in [-0.25, -0.2) is 4.79 Å². The lowest BCUT2D eigenvalue weighted by Gasteiger charge is -2.53. The number of nitrogens with one attached hydrogen (secondary N) is 1. The molecular formula is C26H29N3O3. The molecule has 2 aromatic carbocycles. The summed E-state index contributed by atoms with van der Waals surface area (Å²) in [5, 5.41) is 9.16. The van der Waals surface area contributed by atoms with Crippen molar-refractivity contribution in [2.75, 3.05) is 25.6 Å². The molecule has 3 fully saturated rings. The van der Waals surface area contributed by atoms with E-state index in [4.69, 9.17) is 4.74 Å². The summed E-state index contributed by atoms with van der Waals surface area (Å²) >= 11 is 0. The van der Waals surface area contributed by atoms with E-state index in [-0.39, 0.29) is 17.0 Å². The van der Waals surface area contributed by atoms with Gasteiger partial charge in [0.2, 0.25) is 0 Å². The minimum absolute atomic E-state index is 0.162. The van der Waals surface area contributed by atoms with Crippen molar-refractivity contribution < 1.29 is 14.3 Å². The lowest BCUT2D eigenvalue weighted by atomic mass is 9.64. The van der Waals surface area contributed by atoms with Crippen molar-refractivity contribution in [1.82, 2.24) is 9.78 Å². The van der Waals surface area contributed by atoms with E-state index in [0.29, 0.717) is 0 Å². The molecule has 1 saturated carbocycles. The normalized spacial score (nSPS) is 24.8. The number of fused-ring (bicyclic) bond motifs is 4. The van der Waals surface area contributed by atoms with Gasteiger partial charge < -0.3 is 14.8 Å². The van der Waals surface area contributed by atoms with Gasteiger partial charge in [-0.15, -0.1) is 0 Å². The highest BCUT2D eigenvalue weighted by Crippen LogP contribution is 2.53. The SMILES string of the molecule is COC(=O)/C=C/c1cccc(NCC23CCC(c4ccc5c(cnn5C)c4)(CC2)OC3)c1. The number of ether oxygens (including phenoxy) is 2. The number of hydrogen-bond acceptors (Lipinski definition) is 5. The molecule has 3 aromatic rings. The van der Waals surface area contributed by atoms with Crippen LogP contribution in [0, 0.1) is 5.41 Å². The van der Waals surface area contributed by atoms with E-state index >= 15 is 0 Å². The number of anilines is 1. The van der Waals surface area contributed by atoms with Gasteiger partial charge in [0.25, 0.3) is 0 Å². The van der Waals surface area contributed by atoms with Crippen molar-refractivity contribution in [2.24, 2.45) is 12.5 Å². The summed E-state index contributed by atoms with van der Waals surface area (Å²) < 4.78 is 13.1. The number of benzene rings is 2. The summed E-state index contributed by atoms with van der Waals surface area (Å²) in [6.07, 6.45) is 9.53. The maximum absolute atomic E-state index is 11.3. The van der Waals surface area contributed by atoms with Gasteiger partial charge in [-0.3, -0.25) is 4.68 Å². The molecule has 1 N–H and O–H groups in total. The number of nitrogens with zero attached hydrogens (tertiary/aromatic N) is 2. The fourth-order valence-electron chi connectivity index (χ4n) is 5.09. The molecule has 2 bridgehead atoms. The smallest absolute Gasteiger partial charge is 0.330 e. The third-order valence-electron chi connectivity index (χ3n) is 7.21. The first-order chi connectivity index (χ1) is 15.5. The summed E-state index contributed by atoms with van der Waals surface area (Å²) in [7, 11) is 3.36. The van der Waals surface area contributed by atoms with Gasteiger partial charge in [0, 0.05) is 36.2 Å². The molecule has 0 spiro atoms. The summed E-state index contributed by atoms with van der Waals surface area (Å²) in [5.74, 6) is -0.352. The molecule has 1 aromatic heterocycles. The monoisotopic (exact) mass is 431 g/mol. The van der Waals surface area contributed by atoms with Crippen LogP contribution in [0.2, 0.25) is 0 Å². The molecular weight excluding hydrogens is 402 g/mol. The van der Waals surface area contributed by atoms with Gasteiger partial charge in [-0.2, -0.15) is 5.10 Å². The number of aryl methyl sites for hydroxylation is 1. The number of carbonyl (C=O) groups is 1. The van der Waals surface area contributed by atoms with Crippen LogP contribution in [0.1, 0.15) is 36.8 Å². The highest BCUT2D eigenvalue weighted by molar-refractivity contribution is 5.87. The van der Waals surface area contributed by atoms with Crippen LogP contribution in [0.25, 0.3) is 17.0 Å². The van der Waals surface area contributed by atoms with Crippen LogP contribution in [0.5, 0.6) is 0 Å². The molecule has 6 rings (SSSR count). The molecule has 3 heterocycles. The fourth-order valence-corrected chi connectivity index (χ4v) is 5.09. The Bertz CT molecular complexity index is 1160. The van der Waals surface area contributed by atoms with E-state index in [9.17, 15) is 4.79 Å². The minimum Gasteiger partial charge on any atom is -0.466 e.